The Balaban J connectivity index is 1.34. The minimum atomic E-state index is 0.850. The third kappa shape index (κ3) is 3.05. The molecule has 2 aliphatic heterocycles. The van der Waals surface area contributed by atoms with Crippen molar-refractivity contribution >= 4 is 23.0 Å². The van der Waals surface area contributed by atoms with E-state index in [4.69, 9.17) is 4.98 Å². The van der Waals surface area contributed by atoms with Crippen LogP contribution in [0.15, 0.2) is 30.7 Å². The van der Waals surface area contributed by atoms with Gasteiger partial charge < -0.3 is 14.7 Å². The molecular weight excluding hydrogens is 340 g/mol. The first-order valence-electron chi connectivity index (χ1n) is 9.67. The third-order valence-electron chi connectivity index (χ3n) is 5.45. The second kappa shape index (κ2) is 6.68. The lowest BCUT2D eigenvalue weighted by molar-refractivity contribution is 0.640. The van der Waals surface area contributed by atoms with Gasteiger partial charge in [-0.3, -0.25) is 0 Å². The number of hydrogen-bond donors (Lipinski definition) is 0. The molecular formula is C19H24N8. The van der Waals surface area contributed by atoms with Gasteiger partial charge in [0.2, 0.25) is 0 Å². The highest BCUT2D eigenvalue weighted by Crippen LogP contribution is 2.25. The summed E-state index contributed by atoms with van der Waals surface area (Å²) < 4.78 is 1.88. The van der Waals surface area contributed by atoms with E-state index in [1.165, 1.54) is 12.8 Å². The summed E-state index contributed by atoms with van der Waals surface area (Å²) in [5.74, 6) is 3.97. The molecule has 2 aliphatic rings. The smallest absolute Gasteiger partial charge is 0.154 e. The maximum Gasteiger partial charge on any atom is 0.154 e. The topological polar surface area (TPSA) is 65.7 Å². The summed E-state index contributed by atoms with van der Waals surface area (Å²) in [6.07, 6.45) is 8.03. The Morgan fingerprint density at radius 1 is 0.815 bits per heavy atom. The molecule has 0 amide bonds. The molecule has 27 heavy (non-hydrogen) atoms. The number of rotatable bonds is 3. The van der Waals surface area contributed by atoms with Crippen LogP contribution in [-0.2, 0) is 0 Å². The molecule has 2 fully saturated rings. The van der Waals surface area contributed by atoms with Gasteiger partial charge in [-0.1, -0.05) is 0 Å². The van der Waals surface area contributed by atoms with E-state index in [1.807, 2.05) is 36.1 Å². The molecule has 140 valence electrons. The lowest BCUT2D eigenvalue weighted by Crippen LogP contribution is -2.47. The van der Waals surface area contributed by atoms with Crippen LogP contribution in [0.1, 0.15) is 18.7 Å². The van der Waals surface area contributed by atoms with Crippen LogP contribution < -0.4 is 14.7 Å². The van der Waals surface area contributed by atoms with Crippen LogP contribution in [0.3, 0.4) is 0 Å². The molecule has 0 radical (unpaired) electrons. The Morgan fingerprint density at radius 2 is 1.48 bits per heavy atom. The van der Waals surface area contributed by atoms with Crippen molar-refractivity contribution in [2.24, 2.45) is 0 Å². The van der Waals surface area contributed by atoms with Crippen molar-refractivity contribution in [2.45, 2.75) is 19.8 Å². The van der Waals surface area contributed by atoms with Crippen LogP contribution in [0.4, 0.5) is 17.5 Å². The minimum absolute atomic E-state index is 0.850. The highest BCUT2D eigenvalue weighted by Gasteiger charge is 2.23. The van der Waals surface area contributed by atoms with E-state index in [0.29, 0.717) is 0 Å². The standard InChI is InChI=1S/C19H24N8/c1-15-22-17(24-7-2-3-8-24)14-18(23-15)25-10-12-26(13-11-25)19-16-4-5-21-27(16)9-6-20-19/h4-6,9,14H,2-3,7-8,10-13H2,1H3. The van der Waals surface area contributed by atoms with Crippen molar-refractivity contribution in [2.75, 3.05) is 54.0 Å². The lowest BCUT2D eigenvalue weighted by Gasteiger charge is -2.36. The number of piperazine rings is 1. The van der Waals surface area contributed by atoms with Crippen LogP contribution in [0.5, 0.6) is 0 Å². The summed E-state index contributed by atoms with van der Waals surface area (Å²) in [6.45, 7) is 7.87. The Bertz CT molecular complexity index is 938. The summed E-state index contributed by atoms with van der Waals surface area (Å²) in [7, 11) is 0. The lowest BCUT2D eigenvalue weighted by atomic mass is 10.3. The molecule has 5 heterocycles. The fraction of sp³-hybridized carbons (Fsp3) is 0.474. The van der Waals surface area contributed by atoms with Crippen molar-refractivity contribution in [3.05, 3.63) is 36.5 Å². The Kier molecular flexibility index (Phi) is 4.03. The summed E-state index contributed by atoms with van der Waals surface area (Å²) in [5, 5.41) is 4.31. The number of anilines is 3. The van der Waals surface area contributed by atoms with E-state index in [2.05, 4.69) is 35.8 Å². The molecule has 0 atom stereocenters. The van der Waals surface area contributed by atoms with Crippen LogP contribution in [0.2, 0.25) is 0 Å². The average Bonchev–Trinajstić information content (AvgIpc) is 3.39. The SMILES string of the molecule is Cc1nc(N2CCCC2)cc(N2CCN(c3nccn4nccc34)CC2)n1. The zero-order chi connectivity index (χ0) is 18.2. The molecule has 0 spiro atoms. The second-order valence-electron chi connectivity index (χ2n) is 7.21. The van der Waals surface area contributed by atoms with Crippen molar-refractivity contribution in [3.8, 4) is 0 Å². The van der Waals surface area contributed by atoms with Crippen LogP contribution in [0, 0.1) is 6.92 Å². The average molecular weight is 364 g/mol. The van der Waals surface area contributed by atoms with Crippen molar-refractivity contribution in [1.82, 2.24) is 24.6 Å². The number of fused-ring (bicyclic) bond motifs is 1. The maximum atomic E-state index is 4.71. The van der Waals surface area contributed by atoms with Gasteiger partial charge in [-0.25, -0.2) is 19.5 Å². The fourth-order valence-corrected chi connectivity index (χ4v) is 4.04. The molecule has 0 aliphatic carbocycles. The van der Waals surface area contributed by atoms with Crippen LogP contribution in [0.25, 0.3) is 5.52 Å². The normalized spacial score (nSPS) is 17.9. The van der Waals surface area contributed by atoms with Crippen molar-refractivity contribution in [1.29, 1.82) is 0 Å². The van der Waals surface area contributed by atoms with Gasteiger partial charge in [-0.15, -0.1) is 0 Å². The Hall–Kier alpha value is -2.90. The van der Waals surface area contributed by atoms with E-state index in [0.717, 1.165) is 68.1 Å². The predicted octanol–water partition coefficient (Wildman–Crippen LogP) is 1.75. The molecule has 0 N–H and O–H groups in total. The van der Waals surface area contributed by atoms with E-state index in [-0.39, 0.29) is 0 Å². The Labute approximate surface area is 158 Å². The summed E-state index contributed by atoms with van der Waals surface area (Å²) in [5.41, 5.74) is 1.06. The van der Waals surface area contributed by atoms with Crippen LogP contribution >= 0.6 is 0 Å². The first-order valence-corrected chi connectivity index (χ1v) is 9.67. The third-order valence-corrected chi connectivity index (χ3v) is 5.45. The molecule has 0 saturated carbocycles. The summed E-state index contributed by atoms with van der Waals surface area (Å²) in [4.78, 5) is 21.0. The molecule has 8 heteroatoms. The first kappa shape index (κ1) is 16.3. The molecule has 8 nitrogen and oxygen atoms in total. The van der Waals surface area contributed by atoms with Gasteiger partial charge in [-0.2, -0.15) is 5.10 Å². The molecule has 0 unspecified atom stereocenters. The largest absolute Gasteiger partial charge is 0.356 e. The number of aromatic nitrogens is 5. The molecule has 0 bridgehead atoms. The summed E-state index contributed by atoms with van der Waals surface area (Å²) in [6, 6.07) is 4.18. The van der Waals surface area contributed by atoms with Gasteiger partial charge >= 0.3 is 0 Å². The van der Waals surface area contributed by atoms with E-state index < -0.39 is 0 Å². The second-order valence-corrected chi connectivity index (χ2v) is 7.21. The number of aryl methyl sites for hydroxylation is 1. The quantitative estimate of drug-likeness (QED) is 0.701. The first-order chi connectivity index (χ1) is 13.3. The van der Waals surface area contributed by atoms with Crippen LogP contribution in [-0.4, -0.2) is 63.8 Å². The maximum absolute atomic E-state index is 4.71. The highest BCUT2D eigenvalue weighted by molar-refractivity contribution is 5.68. The minimum Gasteiger partial charge on any atom is -0.356 e. The van der Waals surface area contributed by atoms with Crippen molar-refractivity contribution in [3.63, 3.8) is 0 Å². The molecule has 0 aromatic carbocycles. The van der Waals surface area contributed by atoms with E-state index in [1.54, 1.807) is 0 Å². The summed E-state index contributed by atoms with van der Waals surface area (Å²) >= 11 is 0. The molecule has 5 rings (SSSR count). The zero-order valence-corrected chi connectivity index (χ0v) is 15.6. The predicted molar refractivity (Wildman–Crippen MR) is 106 cm³/mol. The fourth-order valence-electron chi connectivity index (χ4n) is 4.04. The number of hydrogen-bond acceptors (Lipinski definition) is 7. The van der Waals surface area contributed by atoms with E-state index in [9.17, 15) is 0 Å². The highest BCUT2D eigenvalue weighted by atomic mass is 15.3. The van der Waals surface area contributed by atoms with Gasteiger partial charge in [0, 0.05) is 57.7 Å². The van der Waals surface area contributed by atoms with Gasteiger partial charge in [0.05, 0.1) is 6.20 Å². The van der Waals surface area contributed by atoms with Gasteiger partial charge in [0.25, 0.3) is 0 Å². The molecule has 3 aromatic heterocycles. The molecule has 2 saturated heterocycles. The zero-order valence-electron chi connectivity index (χ0n) is 15.6. The van der Waals surface area contributed by atoms with Gasteiger partial charge in [0.1, 0.15) is 23.0 Å². The van der Waals surface area contributed by atoms with Crippen molar-refractivity contribution < 1.29 is 0 Å². The van der Waals surface area contributed by atoms with E-state index >= 15 is 0 Å². The number of nitrogens with zero attached hydrogens (tertiary/aromatic N) is 8. The van der Waals surface area contributed by atoms with Gasteiger partial charge in [0.15, 0.2) is 5.82 Å². The molecule has 3 aromatic rings. The monoisotopic (exact) mass is 364 g/mol. The Morgan fingerprint density at radius 3 is 2.22 bits per heavy atom. The van der Waals surface area contributed by atoms with Gasteiger partial charge in [-0.05, 0) is 25.8 Å².